The lowest BCUT2D eigenvalue weighted by molar-refractivity contribution is -0.278. The van der Waals surface area contributed by atoms with Crippen molar-refractivity contribution in [1.29, 1.82) is 0 Å². The lowest BCUT2D eigenvalue weighted by atomic mass is 9.94. The molecule has 13 heteroatoms. The second-order valence-corrected chi connectivity index (χ2v) is 8.45. The molecular formula is C24H24F5N3O5. The maximum atomic E-state index is 13.6. The average molecular weight is 529 g/mol. The summed E-state index contributed by atoms with van der Waals surface area (Å²) in [4.78, 5) is 40.2. The van der Waals surface area contributed by atoms with Crippen LogP contribution in [0, 0.1) is 0 Å². The van der Waals surface area contributed by atoms with E-state index in [1.54, 1.807) is 48.5 Å². The average Bonchev–Trinajstić information content (AvgIpc) is 2.94. The summed E-state index contributed by atoms with van der Waals surface area (Å²) in [5, 5.41) is 14.0. The summed E-state index contributed by atoms with van der Waals surface area (Å²) in [6, 6.07) is 12.0. The van der Waals surface area contributed by atoms with Crippen LogP contribution in [0.5, 0.6) is 0 Å². The smallest absolute Gasteiger partial charge is 0.383 e. The third-order valence-electron chi connectivity index (χ3n) is 5.83. The van der Waals surface area contributed by atoms with Gasteiger partial charge in [-0.1, -0.05) is 42.5 Å². The first-order valence-corrected chi connectivity index (χ1v) is 11.0. The molecular weight excluding hydrogens is 505 g/mol. The summed E-state index contributed by atoms with van der Waals surface area (Å²) in [7, 11) is 1.43. The van der Waals surface area contributed by atoms with Gasteiger partial charge >= 0.3 is 12.1 Å². The first-order valence-electron chi connectivity index (χ1n) is 11.0. The standard InChI is InChI=1S/C24H24F5N3O5/c1-22(36,20(34)30-13-23(25,26)24(27,28)29)21(35)31-18-16-9-4-3-7-14(16)15-8-5-6-10-17(15)32(19(18)33)11-12-37-2/h3-10,18,36H,11-13H2,1-2H3,(H,30,34)(H,31,35)/t18-,22?/m0/s1. The second-order valence-electron chi connectivity index (χ2n) is 8.45. The van der Waals surface area contributed by atoms with Crippen molar-refractivity contribution in [3.05, 3.63) is 54.1 Å². The van der Waals surface area contributed by atoms with E-state index in [-0.39, 0.29) is 13.2 Å². The monoisotopic (exact) mass is 529 g/mol. The van der Waals surface area contributed by atoms with Gasteiger partial charge in [-0.15, -0.1) is 0 Å². The van der Waals surface area contributed by atoms with Crippen molar-refractivity contribution in [2.45, 2.75) is 30.7 Å². The normalized spacial score (nSPS) is 17.2. The zero-order valence-electron chi connectivity index (χ0n) is 19.7. The Hall–Kier alpha value is -3.58. The third kappa shape index (κ3) is 5.57. The van der Waals surface area contributed by atoms with E-state index in [4.69, 9.17) is 4.74 Å². The molecule has 0 spiro atoms. The Morgan fingerprint density at radius 1 is 1.00 bits per heavy atom. The van der Waals surface area contributed by atoms with Crippen molar-refractivity contribution in [2.75, 3.05) is 31.7 Å². The molecule has 0 bridgehead atoms. The van der Waals surface area contributed by atoms with Crippen molar-refractivity contribution in [3.63, 3.8) is 0 Å². The molecule has 0 fully saturated rings. The largest absolute Gasteiger partial charge is 0.455 e. The minimum absolute atomic E-state index is 0.0795. The summed E-state index contributed by atoms with van der Waals surface area (Å²) in [6.45, 7) is -1.36. The molecule has 2 aromatic rings. The van der Waals surface area contributed by atoms with Crippen molar-refractivity contribution >= 4 is 23.4 Å². The summed E-state index contributed by atoms with van der Waals surface area (Å²) in [6.07, 6.45) is -5.95. The highest BCUT2D eigenvalue weighted by Crippen LogP contribution is 2.40. The Kier molecular flexibility index (Phi) is 7.89. The number of halogens is 5. The Labute approximate surface area is 208 Å². The summed E-state index contributed by atoms with van der Waals surface area (Å²) < 4.78 is 68.7. The number of aliphatic hydroxyl groups is 1. The van der Waals surface area contributed by atoms with Gasteiger partial charge < -0.3 is 25.4 Å². The Morgan fingerprint density at radius 3 is 2.22 bits per heavy atom. The molecule has 1 heterocycles. The molecule has 0 radical (unpaired) electrons. The number of nitrogens with zero attached hydrogens (tertiary/aromatic N) is 1. The molecule has 0 saturated heterocycles. The van der Waals surface area contributed by atoms with Gasteiger partial charge in [-0.05, 0) is 24.1 Å². The number of methoxy groups -OCH3 is 1. The molecule has 1 aliphatic rings. The van der Waals surface area contributed by atoms with E-state index in [9.17, 15) is 41.4 Å². The molecule has 2 atom stereocenters. The highest BCUT2D eigenvalue weighted by atomic mass is 19.4. The van der Waals surface area contributed by atoms with Crippen LogP contribution in [0.1, 0.15) is 18.5 Å². The summed E-state index contributed by atoms with van der Waals surface area (Å²) in [5.41, 5.74) is -1.06. The number of fused-ring (bicyclic) bond motifs is 3. The van der Waals surface area contributed by atoms with Gasteiger partial charge in [0, 0.05) is 19.2 Å². The Balaban J connectivity index is 1.93. The molecule has 0 saturated carbocycles. The fourth-order valence-electron chi connectivity index (χ4n) is 3.73. The molecule has 3 rings (SSSR count). The fourth-order valence-corrected chi connectivity index (χ4v) is 3.73. The number of nitrogens with one attached hydrogen (secondary N) is 2. The van der Waals surface area contributed by atoms with Crippen LogP contribution in [0.2, 0.25) is 0 Å². The highest BCUT2D eigenvalue weighted by molar-refractivity contribution is 6.11. The maximum Gasteiger partial charge on any atom is 0.455 e. The van der Waals surface area contributed by atoms with E-state index in [1.807, 2.05) is 0 Å². The van der Waals surface area contributed by atoms with Gasteiger partial charge in [0.1, 0.15) is 6.04 Å². The van der Waals surface area contributed by atoms with Gasteiger partial charge in [-0.2, -0.15) is 22.0 Å². The zero-order chi connectivity index (χ0) is 27.6. The highest BCUT2D eigenvalue weighted by Gasteiger charge is 2.58. The number of carbonyl (C=O) groups excluding carboxylic acids is 3. The van der Waals surface area contributed by atoms with Crippen LogP contribution in [-0.4, -0.2) is 67.3 Å². The predicted molar refractivity (Wildman–Crippen MR) is 122 cm³/mol. The number of benzene rings is 2. The Morgan fingerprint density at radius 2 is 1.59 bits per heavy atom. The first-order chi connectivity index (χ1) is 17.2. The van der Waals surface area contributed by atoms with E-state index < -0.39 is 48.0 Å². The Bertz CT molecular complexity index is 1190. The van der Waals surface area contributed by atoms with Crippen LogP contribution in [-0.2, 0) is 19.1 Å². The van der Waals surface area contributed by atoms with Gasteiger partial charge in [0.2, 0.25) is 5.60 Å². The fraction of sp³-hybridized carbons (Fsp3) is 0.375. The number of para-hydroxylation sites is 1. The number of hydrogen-bond acceptors (Lipinski definition) is 5. The minimum atomic E-state index is -5.95. The molecule has 8 nitrogen and oxygen atoms in total. The third-order valence-corrected chi connectivity index (χ3v) is 5.83. The molecule has 3 N–H and O–H groups in total. The van der Waals surface area contributed by atoms with E-state index in [1.165, 1.54) is 17.3 Å². The van der Waals surface area contributed by atoms with E-state index in [0.29, 0.717) is 29.3 Å². The number of anilines is 1. The van der Waals surface area contributed by atoms with Crippen LogP contribution >= 0.6 is 0 Å². The molecule has 0 aromatic heterocycles. The van der Waals surface area contributed by atoms with Gasteiger partial charge in [0.15, 0.2) is 0 Å². The number of carbonyl (C=O) groups is 3. The van der Waals surface area contributed by atoms with Crippen LogP contribution in [0.3, 0.4) is 0 Å². The minimum Gasteiger partial charge on any atom is -0.383 e. The first kappa shape index (κ1) is 28.0. The molecule has 0 aliphatic carbocycles. The van der Waals surface area contributed by atoms with Crippen molar-refractivity contribution in [2.24, 2.45) is 0 Å². The lowest BCUT2D eigenvalue weighted by Gasteiger charge is -2.29. The van der Waals surface area contributed by atoms with Crippen LogP contribution in [0.15, 0.2) is 48.5 Å². The molecule has 2 aromatic carbocycles. The van der Waals surface area contributed by atoms with Gasteiger partial charge in [0.25, 0.3) is 17.7 Å². The van der Waals surface area contributed by atoms with Crippen molar-refractivity contribution < 1.29 is 46.2 Å². The molecule has 3 amide bonds. The number of ether oxygens (including phenoxy) is 1. The topological polar surface area (TPSA) is 108 Å². The van der Waals surface area contributed by atoms with E-state index in [2.05, 4.69) is 5.32 Å². The summed E-state index contributed by atoms with van der Waals surface area (Å²) in [5.74, 6) is -9.23. The molecule has 37 heavy (non-hydrogen) atoms. The number of rotatable bonds is 8. The number of amides is 3. The predicted octanol–water partition coefficient (Wildman–Crippen LogP) is 2.57. The lowest BCUT2D eigenvalue weighted by Crippen LogP contribution is -2.59. The van der Waals surface area contributed by atoms with Crippen molar-refractivity contribution in [3.8, 4) is 11.1 Å². The molecule has 200 valence electrons. The van der Waals surface area contributed by atoms with Gasteiger partial charge in [0.05, 0.1) is 18.8 Å². The number of alkyl halides is 5. The van der Waals surface area contributed by atoms with Crippen LogP contribution in [0.4, 0.5) is 27.6 Å². The van der Waals surface area contributed by atoms with Crippen LogP contribution in [0.25, 0.3) is 11.1 Å². The number of hydrogen-bond donors (Lipinski definition) is 3. The van der Waals surface area contributed by atoms with Crippen molar-refractivity contribution in [1.82, 2.24) is 10.6 Å². The van der Waals surface area contributed by atoms with Gasteiger partial charge in [-0.3, -0.25) is 14.4 Å². The zero-order valence-corrected chi connectivity index (χ0v) is 19.7. The van der Waals surface area contributed by atoms with Gasteiger partial charge in [-0.25, -0.2) is 0 Å². The summed E-state index contributed by atoms with van der Waals surface area (Å²) >= 11 is 0. The second kappa shape index (κ2) is 10.4. The maximum absolute atomic E-state index is 13.6. The quantitative estimate of drug-likeness (QED) is 0.360. The SMILES string of the molecule is COCCN1C(=O)[C@@H](NC(=O)C(C)(O)C(=O)NCC(F)(F)C(F)(F)F)c2ccccc2-c2ccccc21. The molecule has 1 unspecified atom stereocenters. The molecule has 1 aliphatic heterocycles. The van der Waals surface area contributed by atoms with Crippen LogP contribution < -0.4 is 15.5 Å². The van der Waals surface area contributed by atoms with E-state index >= 15 is 0 Å². The van der Waals surface area contributed by atoms with E-state index in [0.717, 1.165) is 0 Å².